The Bertz CT molecular complexity index is 945. The molecular formula is C24H29ClN4O3. The molecule has 0 saturated carbocycles. The van der Waals surface area contributed by atoms with Crippen LogP contribution in [0.1, 0.15) is 23.6 Å². The van der Waals surface area contributed by atoms with Crippen molar-refractivity contribution in [2.45, 2.75) is 12.5 Å². The Balaban J connectivity index is 1.45. The molecule has 1 saturated heterocycles. The number of nitrogens with one attached hydrogen (secondary N) is 1. The Morgan fingerprint density at radius 1 is 1.19 bits per heavy atom. The number of halogens is 1. The molecule has 0 bridgehead atoms. The highest BCUT2D eigenvalue weighted by Crippen LogP contribution is 2.34. The molecular weight excluding hydrogens is 428 g/mol. The molecule has 2 aliphatic rings. The molecule has 1 atom stereocenters. The van der Waals surface area contributed by atoms with E-state index in [9.17, 15) is 4.79 Å². The van der Waals surface area contributed by atoms with Gasteiger partial charge in [-0.25, -0.2) is 5.01 Å². The highest BCUT2D eigenvalue weighted by Gasteiger charge is 2.33. The first-order valence-corrected chi connectivity index (χ1v) is 11.3. The van der Waals surface area contributed by atoms with Crippen molar-refractivity contribution in [1.82, 2.24) is 15.2 Å². The van der Waals surface area contributed by atoms with Crippen LogP contribution >= 0.6 is 11.6 Å². The summed E-state index contributed by atoms with van der Waals surface area (Å²) in [4.78, 5) is 15.5. The number of carbonyl (C=O) groups excluding carboxylic acids is 1. The lowest BCUT2D eigenvalue weighted by atomic mass is 9.98. The van der Waals surface area contributed by atoms with Gasteiger partial charge in [0.2, 0.25) is 0 Å². The second kappa shape index (κ2) is 10.9. The molecule has 170 valence electrons. The van der Waals surface area contributed by atoms with Gasteiger partial charge in [-0.2, -0.15) is 5.10 Å². The van der Waals surface area contributed by atoms with Gasteiger partial charge < -0.3 is 14.8 Å². The molecule has 0 radical (unpaired) electrons. The first-order chi connectivity index (χ1) is 15.7. The Labute approximate surface area is 193 Å². The van der Waals surface area contributed by atoms with Gasteiger partial charge in [0.15, 0.2) is 0 Å². The number of ether oxygens (including phenoxy) is 2. The lowest BCUT2D eigenvalue weighted by Crippen LogP contribution is -2.42. The van der Waals surface area contributed by atoms with Gasteiger partial charge in [-0.1, -0.05) is 41.9 Å². The fourth-order valence-electron chi connectivity index (χ4n) is 4.02. The molecule has 0 aliphatic carbocycles. The zero-order valence-electron chi connectivity index (χ0n) is 18.3. The Kier molecular flexibility index (Phi) is 7.76. The highest BCUT2D eigenvalue weighted by molar-refractivity contribution is 6.34. The van der Waals surface area contributed by atoms with Crippen LogP contribution in [0.25, 0.3) is 0 Å². The first kappa shape index (κ1) is 22.7. The van der Waals surface area contributed by atoms with Gasteiger partial charge in [0.05, 0.1) is 38.6 Å². The predicted octanol–water partition coefficient (Wildman–Crippen LogP) is 2.95. The summed E-state index contributed by atoms with van der Waals surface area (Å²) in [5.74, 6) is 0.719. The van der Waals surface area contributed by atoms with E-state index >= 15 is 0 Å². The number of benzene rings is 2. The van der Waals surface area contributed by atoms with Gasteiger partial charge in [0.1, 0.15) is 5.75 Å². The quantitative estimate of drug-likeness (QED) is 0.619. The van der Waals surface area contributed by atoms with Gasteiger partial charge >= 0.3 is 0 Å². The van der Waals surface area contributed by atoms with Gasteiger partial charge in [-0.3, -0.25) is 9.69 Å². The molecule has 2 aliphatic heterocycles. The van der Waals surface area contributed by atoms with E-state index in [2.05, 4.69) is 10.2 Å². The Hall–Kier alpha value is -2.45. The van der Waals surface area contributed by atoms with Crippen LogP contribution in [0.4, 0.5) is 0 Å². The van der Waals surface area contributed by atoms with Gasteiger partial charge in [-0.15, -0.1) is 0 Å². The van der Waals surface area contributed by atoms with Crippen LogP contribution in [0.15, 0.2) is 53.6 Å². The SMILES string of the molecule is COc1ccc(C2CC(c3ccccc3Cl)=NN2C(=O)CNCCN2CCOCC2)cc1. The summed E-state index contributed by atoms with van der Waals surface area (Å²) in [5.41, 5.74) is 2.69. The molecule has 2 aromatic rings. The number of nitrogens with zero attached hydrogens (tertiary/aromatic N) is 3. The van der Waals surface area contributed by atoms with E-state index in [0.29, 0.717) is 11.4 Å². The fraction of sp³-hybridized carbons (Fsp3) is 0.417. The van der Waals surface area contributed by atoms with Crippen molar-refractivity contribution >= 4 is 23.2 Å². The number of carbonyl (C=O) groups is 1. The summed E-state index contributed by atoms with van der Waals surface area (Å²) in [6.45, 7) is 5.29. The van der Waals surface area contributed by atoms with Crippen molar-refractivity contribution in [3.63, 3.8) is 0 Å². The van der Waals surface area contributed by atoms with Crippen LogP contribution in [0.2, 0.25) is 5.02 Å². The summed E-state index contributed by atoms with van der Waals surface area (Å²) in [7, 11) is 1.64. The van der Waals surface area contributed by atoms with E-state index in [-0.39, 0.29) is 18.5 Å². The van der Waals surface area contributed by atoms with Crippen LogP contribution in [0, 0.1) is 0 Å². The molecule has 1 fully saturated rings. The third-order valence-corrected chi connectivity index (χ3v) is 6.17. The molecule has 2 heterocycles. The normalized spacial score (nSPS) is 19.1. The summed E-state index contributed by atoms with van der Waals surface area (Å²) in [6, 6.07) is 15.2. The second-order valence-corrected chi connectivity index (χ2v) is 8.30. The Morgan fingerprint density at radius 2 is 1.94 bits per heavy atom. The summed E-state index contributed by atoms with van der Waals surface area (Å²) < 4.78 is 10.7. The maximum absolute atomic E-state index is 13.1. The Morgan fingerprint density at radius 3 is 2.66 bits per heavy atom. The van der Waals surface area contributed by atoms with Crippen LogP contribution in [-0.4, -0.2) is 74.6 Å². The smallest absolute Gasteiger partial charge is 0.257 e. The topological polar surface area (TPSA) is 66.4 Å². The minimum atomic E-state index is -0.180. The van der Waals surface area contributed by atoms with Gasteiger partial charge in [0, 0.05) is 43.2 Å². The summed E-state index contributed by atoms with van der Waals surface area (Å²) in [5, 5.41) is 10.2. The largest absolute Gasteiger partial charge is 0.497 e. The monoisotopic (exact) mass is 456 g/mol. The number of methoxy groups -OCH3 is 1. The van der Waals surface area contributed by atoms with E-state index in [1.807, 2.05) is 48.5 Å². The molecule has 8 heteroatoms. The van der Waals surface area contributed by atoms with E-state index in [0.717, 1.165) is 62.0 Å². The average Bonchev–Trinajstić information content (AvgIpc) is 3.28. The summed E-state index contributed by atoms with van der Waals surface area (Å²) >= 11 is 6.41. The minimum absolute atomic E-state index is 0.0603. The number of amides is 1. The molecule has 7 nitrogen and oxygen atoms in total. The van der Waals surface area contributed by atoms with Crippen molar-refractivity contribution in [3.8, 4) is 5.75 Å². The van der Waals surface area contributed by atoms with Crippen molar-refractivity contribution in [2.24, 2.45) is 5.10 Å². The molecule has 0 aromatic heterocycles. The van der Waals surface area contributed by atoms with Gasteiger partial charge in [-0.05, 0) is 23.8 Å². The standard InChI is InChI=1S/C24H29ClN4O3/c1-31-19-8-6-18(7-9-19)23-16-22(20-4-2-3-5-21(20)25)27-29(23)24(30)17-26-10-11-28-12-14-32-15-13-28/h2-9,23,26H,10-17H2,1H3. The number of hydrazone groups is 1. The molecule has 1 unspecified atom stereocenters. The van der Waals surface area contributed by atoms with Crippen molar-refractivity contribution < 1.29 is 14.3 Å². The number of rotatable bonds is 8. The van der Waals surface area contributed by atoms with Crippen LogP contribution in [0.3, 0.4) is 0 Å². The second-order valence-electron chi connectivity index (χ2n) is 7.89. The molecule has 32 heavy (non-hydrogen) atoms. The zero-order chi connectivity index (χ0) is 22.3. The zero-order valence-corrected chi connectivity index (χ0v) is 19.1. The van der Waals surface area contributed by atoms with E-state index in [1.165, 1.54) is 0 Å². The molecule has 0 spiro atoms. The van der Waals surface area contributed by atoms with E-state index < -0.39 is 0 Å². The first-order valence-electron chi connectivity index (χ1n) is 10.9. The minimum Gasteiger partial charge on any atom is -0.497 e. The van der Waals surface area contributed by atoms with E-state index in [1.54, 1.807) is 12.1 Å². The van der Waals surface area contributed by atoms with Crippen molar-refractivity contribution in [2.75, 3.05) is 53.0 Å². The number of hydrogen-bond acceptors (Lipinski definition) is 6. The van der Waals surface area contributed by atoms with Crippen molar-refractivity contribution in [1.29, 1.82) is 0 Å². The van der Waals surface area contributed by atoms with Crippen LogP contribution < -0.4 is 10.1 Å². The molecule has 2 aromatic carbocycles. The van der Waals surface area contributed by atoms with Crippen LogP contribution in [-0.2, 0) is 9.53 Å². The lowest BCUT2D eigenvalue weighted by molar-refractivity contribution is -0.132. The predicted molar refractivity (Wildman–Crippen MR) is 125 cm³/mol. The summed E-state index contributed by atoms with van der Waals surface area (Å²) in [6.07, 6.45) is 0.607. The van der Waals surface area contributed by atoms with Gasteiger partial charge in [0.25, 0.3) is 5.91 Å². The maximum Gasteiger partial charge on any atom is 0.257 e. The molecule has 1 amide bonds. The molecule has 1 N–H and O–H groups in total. The van der Waals surface area contributed by atoms with E-state index in [4.69, 9.17) is 26.2 Å². The average molecular weight is 457 g/mol. The number of morpholine rings is 1. The third-order valence-electron chi connectivity index (χ3n) is 5.84. The fourth-order valence-corrected chi connectivity index (χ4v) is 4.27. The maximum atomic E-state index is 13.1. The highest BCUT2D eigenvalue weighted by atomic mass is 35.5. The number of hydrogen-bond donors (Lipinski definition) is 1. The third kappa shape index (κ3) is 5.48. The molecule has 4 rings (SSSR count). The lowest BCUT2D eigenvalue weighted by Gasteiger charge is -2.27. The van der Waals surface area contributed by atoms with Crippen LogP contribution in [0.5, 0.6) is 5.75 Å². The van der Waals surface area contributed by atoms with Crippen molar-refractivity contribution in [3.05, 3.63) is 64.7 Å².